The van der Waals surface area contributed by atoms with Gasteiger partial charge in [-0.1, -0.05) is 27.6 Å². The first kappa shape index (κ1) is 23.9. The Morgan fingerprint density at radius 2 is 1.83 bits per heavy atom. The van der Waals surface area contributed by atoms with Crippen LogP contribution in [0.1, 0.15) is 48.0 Å². The van der Waals surface area contributed by atoms with Crippen LogP contribution in [0.25, 0.3) is 0 Å². The topological polar surface area (TPSA) is 75.6 Å². The van der Waals surface area contributed by atoms with E-state index >= 15 is 0 Å². The standard InChI is InChI=1S/C20H38BO7P/c1-8-13-18(17(28-21(7)29)10(2)12(4)24-13)26-19-15(22)11(3)16-14(25-19)9-23-20(5,6)27-16/h10-19,22H,8-9,29H2,1-7H3/t10?,11?,12-,13?,14-,15?,16-,17+,18-,19+/m0/s1. The first-order valence-electron chi connectivity index (χ1n) is 10.9. The third kappa shape index (κ3) is 5.17. The Labute approximate surface area is 177 Å². The highest BCUT2D eigenvalue weighted by Gasteiger charge is 2.52. The first-order chi connectivity index (χ1) is 13.5. The predicted molar refractivity (Wildman–Crippen MR) is 114 cm³/mol. The third-order valence-electron chi connectivity index (χ3n) is 6.43. The SMILES string of the molecule is CCC1O[C@@H](C)C(C)[C@@H](OB(C)P)[C@H]1O[C@H]1O[C@H]2COC(C)(C)O[C@H]2C(C)C1O. The molecular formula is C20H38BO7P. The van der Waals surface area contributed by atoms with Crippen LogP contribution in [0.3, 0.4) is 0 Å². The number of rotatable bonds is 5. The molecule has 1 N–H and O–H groups in total. The monoisotopic (exact) mass is 432 g/mol. The highest BCUT2D eigenvalue weighted by atomic mass is 31.0. The van der Waals surface area contributed by atoms with Gasteiger partial charge in [0.15, 0.2) is 12.1 Å². The van der Waals surface area contributed by atoms with Gasteiger partial charge in [-0.15, -0.1) is 9.12 Å². The van der Waals surface area contributed by atoms with Crippen LogP contribution in [-0.4, -0.2) is 73.2 Å². The van der Waals surface area contributed by atoms with Gasteiger partial charge in [-0.3, -0.25) is 0 Å². The summed E-state index contributed by atoms with van der Waals surface area (Å²) in [6.07, 6.45) is -1.88. The van der Waals surface area contributed by atoms with Crippen LogP contribution in [0.2, 0.25) is 6.82 Å². The molecule has 9 heteroatoms. The number of hydrogen-bond donors (Lipinski definition) is 1. The molecule has 0 aromatic rings. The Morgan fingerprint density at radius 3 is 2.45 bits per heavy atom. The van der Waals surface area contributed by atoms with E-state index in [-0.39, 0.29) is 55.1 Å². The number of ether oxygens (including phenoxy) is 5. The van der Waals surface area contributed by atoms with Crippen LogP contribution in [0.4, 0.5) is 0 Å². The Morgan fingerprint density at radius 1 is 1.14 bits per heavy atom. The largest absolute Gasteiger partial charge is 0.426 e. The van der Waals surface area contributed by atoms with Crippen molar-refractivity contribution in [3.05, 3.63) is 0 Å². The molecule has 168 valence electrons. The van der Waals surface area contributed by atoms with Crippen LogP contribution in [0.5, 0.6) is 0 Å². The van der Waals surface area contributed by atoms with E-state index in [1.807, 2.05) is 27.6 Å². The lowest BCUT2D eigenvalue weighted by Crippen LogP contribution is -2.64. The van der Waals surface area contributed by atoms with Crippen molar-refractivity contribution in [2.75, 3.05) is 6.61 Å². The third-order valence-corrected chi connectivity index (χ3v) is 6.59. The maximum Gasteiger partial charge on any atom is 0.312 e. The molecule has 3 heterocycles. The molecule has 0 spiro atoms. The van der Waals surface area contributed by atoms with Gasteiger partial charge in [0.2, 0.25) is 0 Å². The van der Waals surface area contributed by atoms with Gasteiger partial charge in [-0.25, -0.2) is 0 Å². The molecule has 0 bridgehead atoms. The highest BCUT2D eigenvalue weighted by Crippen LogP contribution is 2.38. The fraction of sp³-hybridized carbons (Fsp3) is 1.00. The predicted octanol–water partition coefficient (Wildman–Crippen LogP) is 2.46. The molecule has 0 saturated carbocycles. The van der Waals surface area contributed by atoms with E-state index in [1.54, 1.807) is 0 Å². The zero-order valence-electron chi connectivity index (χ0n) is 18.7. The molecular weight excluding hydrogens is 394 g/mol. The maximum atomic E-state index is 11.0. The average molecular weight is 432 g/mol. The molecule has 3 aliphatic heterocycles. The summed E-state index contributed by atoms with van der Waals surface area (Å²) in [6, 6.07) is 0. The lowest BCUT2D eigenvalue weighted by Gasteiger charge is -2.51. The molecule has 11 atom stereocenters. The summed E-state index contributed by atoms with van der Waals surface area (Å²) in [6.45, 7) is 14.4. The molecule has 7 nitrogen and oxygen atoms in total. The number of fused-ring (bicyclic) bond motifs is 1. The van der Waals surface area contributed by atoms with E-state index in [4.69, 9.17) is 28.3 Å². The van der Waals surface area contributed by atoms with Crippen molar-refractivity contribution in [1.82, 2.24) is 0 Å². The Balaban J connectivity index is 1.77. The van der Waals surface area contributed by atoms with Crippen molar-refractivity contribution in [2.45, 2.75) is 110 Å². The minimum Gasteiger partial charge on any atom is -0.426 e. The van der Waals surface area contributed by atoms with Gasteiger partial charge in [0.25, 0.3) is 0 Å². The van der Waals surface area contributed by atoms with Crippen molar-refractivity contribution >= 4 is 15.8 Å². The van der Waals surface area contributed by atoms with E-state index in [2.05, 4.69) is 29.9 Å². The van der Waals surface area contributed by atoms with E-state index in [0.717, 1.165) is 6.42 Å². The van der Waals surface area contributed by atoms with E-state index in [0.29, 0.717) is 6.61 Å². The van der Waals surface area contributed by atoms with Crippen LogP contribution in [0, 0.1) is 11.8 Å². The lowest BCUT2D eigenvalue weighted by atomic mass is 9.85. The Bertz CT molecular complexity index is 549. The van der Waals surface area contributed by atoms with Gasteiger partial charge in [-0.05, 0) is 27.2 Å². The smallest absolute Gasteiger partial charge is 0.312 e. The molecule has 3 fully saturated rings. The maximum absolute atomic E-state index is 11.0. The van der Waals surface area contributed by atoms with Gasteiger partial charge >= 0.3 is 6.64 Å². The molecule has 0 aromatic heterocycles. The van der Waals surface area contributed by atoms with Crippen molar-refractivity contribution in [3.8, 4) is 0 Å². The average Bonchev–Trinajstić information content (AvgIpc) is 2.65. The summed E-state index contributed by atoms with van der Waals surface area (Å²) >= 11 is 0. The molecule has 3 saturated heterocycles. The van der Waals surface area contributed by atoms with Crippen molar-refractivity contribution in [1.29, 1.82) is 0 Å². The summed E-state index contributed by atoms with van der Waals surface area (Å²) in [4.78, 5) is 0. The quantitative estimate of drug-likeness (QED) is 0.529. The van der Waals surface area contributed by atoms with Crippen molar-refractivity contribution in [2.24, 2.45) is 11.8 Å². The Kier molecular flexibility index (Phi) is 7.72. The Hall–Kier alpha value is 0.215. The van der Waals surface area contributed by atoms with E-state index in [1.165, 1.54) is 0 Å². The molecule has 29 heavy (non-hydrogen) atoms. The van der Waals surface area contributed by atoms with Crippen molar-refractivity contribution < 1.29 is 33.4 Å². The zero-order valence-corrected chi connectivity index (χ0v) is 19.9. The van der Waals surface area contributed by atoms with Gasteiger partial charge in [0.05, 0.1) is 31.0 Å². The van der Waals surface area contributed by atoms with Crippen LogP contribution >= 0.6 is 9.12 Å². The fourth-order valence-electron chi connectivity index (χ4n) is 4.54. The first-order valence-corrected chi connectivity index (χ1v) is 11.6. The number of aliphatic hydroxyl groups is 1. The van der Waals surface area contributed by atoms with Gasteiger partial charge in [-0.2, -0.15) is 0 Å². The second-order valence-electron chi connectivity index (χ2n) is 9.24. The summed E-state index contributed by atoms with van der Waals surface area (Å²) in [5.74, 6) is -0.683. The summed E-state index contributed by atoms with van der Waals surface area (Å²) in [7, 11) is 2.68. The van der Waals surface area contributed by atoms with Gasteiger partial charge in [0.1, 0.15) is 18.3 Å². The van der Waals surface area contributed by atoms with Crippen LogP contribution in [-0.2, 0) is 28.3 Å². The highest BCUT2D eigenvalue weighted by molar-refractivity contribution is 7.60. The van der Waals surface area contributed by atoms with Gasteiger partial charge in [0, 0.05) is 11.8 Å². The summed E-state index contributed by atoms with van der Waals surface area (Å²) in [5, 5.41) is 11.0. The lowest BCUT2D eigenvalue weighted by molar-refractivity contribution is -0.385. The molecule has 5 unspecified atom stereocenters. The molecule has 3 rings (SSSR count). The molecule has 0 aromatic carbocycles. The zero-order chi connectivity index (χ0) is 21.5. The van der Waals surface area contributed by atoms with Gasteiger partial charge < -0.3 is 33.4 Å². The molecule has 0 aliphatic carbocycles. The fourth-order valence-corrected chi connectivity index (χ4v) is 4.72. The molecule has 0 amide bonds. The van der Waals surface area contributed by atoms with Crippen molar-refractivity contribution in [3.63, 3.8) is 0 Å². The van der Waals surface area contributed by atoms with E-state index < -0.39 is 18.2 Å². The minimum absolute atomic E-state index is 0.0146. The summed E-state index contributed by atoms with van der Waals surface area (Å²) < 4.78 is 36.8. The normalized spacial score (nSPS) is 47.5. The second-order valence-corrected chi connectivity index (χ2v) is 10.2. The second kappa shape index (κ2) is 9.37. The summed E-state index contributed by atoms with van der Waals surface area (Å²) in [5.41, 5.74) is 0. The molecule has 3 aliphatic rings. The molecule has 0 radical (unpaired) electrons. The van der Waals surface area contributed by atoms with Crippen LogP contribution in [0.15, 0.2) is 0 Å². The van der Waals surface area contributed by atoms with E-state index in [9.17, 15) is 5.11 Å². The van der Waals surface area contributed by atoms with Crippen LogP contribution < -0.4 is 0 Å². The number of aliphatic hydroxyl groups excluding tert-OH is 1. The number of hydrogen-bond acceptors (Lipinski definition) is 7. The minimum atomic E-state index is -0.814.